The van der Waals surface area contributed by atoms with E-state index in [4.69, 9.17) is 0 Å². The summed E-state index contributed by atoms with van der Waals surface area (Å²) in [4.78, 5) is 28.4. The van der Waals surface area contributed by atoms with Gasteiger partial charge in [0.1, 0.15) is 6.54 Å². The first-order valence-corrected chi connectivity index (χ1v) is 10.7. The van der Waals surface area contributed by atoms with Crippen molar-refractivity contribution in [1.82, 2.24) is 15.1 Å². The number of aliphatic hydroxyl groups excluding tert-OH is 1. The maximum Gasteiger partial charge on any atom is 0.317 e. The lowest BCUT2D eigenvalue weighted by Gasteiger charge is -2.58. The number of nitrogens with one attached hydrogen (secondary N) is 1. The first-order valence-electron chi connectivity index (χ1n) is 10.7. The van der Waals surface area contributed by atoms with Gasteiger partial charge < -0.3 is 20.2 Å². The molecular weight excluding hydrogens is 390 g/mol. The van der Waals surface area contributed by atoms with Crippen LogP contribution in [0.4, 0.5) is 4.79 Å². The quantitative estimate of drug-likeness (QED) is 0.749. The van der Waals surface area contributed by atoms with Crippen LogP contribution in [0.2, 0.25) is 0 Å². The van der Waals surface area contributed by atoms with Gasteiger partial charge in [0.15, 0.2) is 0 Å². The summed E-state index contributed by atoms with van der Waals surface area (Å²) >= 11 is 0. The molecule has 0 saturated carbocycles. The molecule has 3 atom stereocenters. The van der Waals surface area contributed by atoms with Crippen LogP contribution in [-0.2, 0) is 4.79 Å². The molecule has 0 aromatic heterocycles. The molecule has 0 radical (unpaired) electrons. The molecular formula is C25H27N3O3. The number of benzene rings is 2. The normalized spacial score (nSPS) is 22.1. The topological polar surface area (TPSA) is 72.9 Å². The molecule has 2 aliphatic rings. The fourth-order valence-corrected chi connectivity index (χ4v) is 4.45. The van der Waals surface area contributed by atoms with E-state index in [1.807, 2.05) is 61.5 Å². The van der Waals surface area contributed by atoms with Crippen molar-refractivity contribution in [3.8, 4) is 11.8 Å². The van der Waals surface area contributed by atoms with Gasteiger partial charge in [-0.05, 0) is 36.2 Å². The molecule has 0 aliphatic carbocycles. The van der Waals surface area contributed by atoms with E-state index >= 15 is 0 Å². The second-order valence-corrected chi connectivity index (χ2v) is 7.99. The van der Waals surface area contributed by atoms with E-state index in [2.05, 4.69) is 17.2 Å². The Kier molecular flexibility index (Phi) is 6.24. The minimum absolute atomic E-state index is 0.00754. The molecule has 3 amide bonds. The second-order valence-electron chi connectivity index (χ2n) is 7.99. The van der Waals surface area contributed by atoms with E-state index in [0.29, 0.717) is 13.1 Å². The van der Waals surface area contributed by atoms with Crippen molar-refractivity contribution in [3.05, 3.63) is 71.3 Å². The number of carbonyl (C=O) groups is 2. The van der Waals surface area contributed by atoms with Crippen LogP contribution in [0.1, 0.15) is 36.0 Å². The zero-order valence-electron chi connectivity index (χ0n) is 17.6. The van der Waals surface area contributed by atoms with E-state index < -0.39 is 0 Å². The largest absolute Gasteiger partial charge is 0.394 e. The molecule has 31 heavy (non-hydrogen) atoms. The number of rotatable bonds is 4. The zero-order chi connectivity index (χ0) is 21.8. The van der Waals surface area contributed by atoms with Crippen LogP contribution >= 0.6 is 0 Å². The Morgan fingerprint density at radius 1 is 1.10 bits per heavy atom. The lowest BCUT2D eigenvalue weighted by molar-refractivity contribution is -0.159. The number of hydrogen-bond acceptors (Lipinski definition) is 3. The van der Waals surface area contributed by atoms with Crippen molar-refractivity contribution in [2.75, 3.05) is 26.2 Å². The lowest BCUT2D eigenvalue weighted by atomic mass is 9.73. The molecule has 6 nitrogen and oxygen atoms in total. The van der Waals surface area contributed by atoms with Crippen LogP contribution in [0.5, 0.6) is 0 Å². The molecule has 160 valence electrons. The summed E-state index contributed by atoms with van der Waals surface area (Å²) in [7, 11) is 0. The van der Waals surface area contributed by atoms with Gasteiger partial charge in [0.25, 0.3) is 0 Å². The van der Waals surface area contributed by atoms with E-state index in [9.17, 15) is 14.7 Å². The fourth-order valence-electron chi connectivity index (χ4n) is 4.45. The van der Waals surface area contributed by atoms with Gasteiger partial charge in [-0.3, -0.25) is 4.79 Å². The number of hydrogen-bond donors (Lipinski definition) is 2. The number of piperazine rings is 1. The summed E-state index contributed by atoms with van der Waals surface area (Å²) in [6.45, 7) is 3.02. The van der Waals surface area contributed by atoms with Gasteiger partial charge in [-0.2, -0.15) is 0 Å². The van der Waals surface area contributed by atoms with Gasteiger partial charge in [0.2, 0.25) is 5.91 Å². The van der Waals surface area contributed by atoms with Gasteiger partial charge in [0.05, 0.1) is 18.7 Å². The smallest absolute Gasteiger partial charge is 0.317 e. The van der Waals surface area contributed by atoms with Crippen LogP contribution in [0.3, 0.4) is 0 Å². The Morgan fingerprint density at radius 3 is 2.42 bits per heavy atom. The average Bonchev–Trinajstić information content (AvgIpc) is 2.79. The molecule has 2 aromatic carbocycles. The molecule has 2 N–H and O–H groups in total. The van der Waals surface area contributed by atoms with Gasteiger partial charge >= 0.3 is 6.03 Å². The Hall–Kier alpha value is -3.30. The second kappa shape index (κ2) is 9.23. The standard InChI is InChI=1S/C25H27N3O3/c1-2-14-26-25(31)27-15-21-24(22(17-29)28(21)23(30)16-27)20-12-10-19(11-13-20)9-8-18-6-4-3-5-7-18/h3-7,10-13,21-22,24,29H,2,14-17H2,1H3,(H,26,31)/t21-,22+,24-/m1/s1. The molecule has 0 bridgehead atoms. The Labute approximate surface area is 182 Å². The summed E-state index contributed by atoms with van der Waals surface area (Å²) in [5.41, 5.74) is 2.92. The van der Waals surface area contributed by atoms with E-state index in [0.717, 1.165) is 23.1 Å². The van der Waals surface area contributed by atoms with Crippen molar-refractivity contribution < 1.29 is 14.7 Å². The molecule has 2 aliphatic heterocycles. The van der Waals surface area contributed by atoms with Crippen molar-refractivity contribution in [3.63, 3.8) is 0 Å². The maximum atomic E-state index is 12.6. The number of fused-ring (bicyclic) bond motifs is 1. The third-order valence-electron chi connectivity index (χ3n) is 5.99. The first-order chi connectivity index (χ1) is 15.1. The molecule has 2 aromatic rings. The van der Waals surface area contributed by atoms with Crippen molar-refractivity contribution in [2.45, 2.75) is 31.3 Å². The number of carbonyl (C=O) groups excluding carboxylic acids is 2. The SMILES string of the molecule is CCCNC(=O)N1CC(=O)N2[C@H](C1)[C@@H](c1ccc(C#Cc3ccccc3)cc1)[C@@H]2CO. The lowest BCUT2D eigenvalue weighted by Crippen LogP contribution is -2.73. The van der Waals surface area contributed by atoms with Crippen LogP contribution in [0, 0.1) is 11.8 Å². The third kappa shape index (κ3) is 4.28. The zero-order valence-corrected chi connectivity index (χ0v) is 17.6. The van der Waals surface area contributed by atoms with Crippen molar-refractivity contribution >= 4 is 11.9 Å². The van der Waals surface area contributed by atoms with E-state index in [1.54, 1.807) is 9.80 Å². The van der Waals surface area contributed by atoms with Gasteiger partial charge in [-0.15, -0.1) is 0 Å². The van der Waals surface area contributed by atoms with Crippen molar-refractivity contribution in [2.24, 2.45) is 0 Å². The van der Waals surface area contributed by atoms with Crippen LogP contribution < -0.4 is 5.32 Å². The van der Waals surface area contributed by atoms with Gasteiger partial charge in [-0.1, -0.05) is 49.1 Å². The molecule has 4 rings (SSSR count). The predicted octanol–water partition coefficient (Wildman–Crippen LogP) is 2.18. The Balaban J connectivity index is 1.49. The average molecular weight is 418 g/mol. The third-order valence-corrected chi connectivity index (χ3v) is 5.99. The number of amides is 3. The highest BCUT2D eigenvalue weighted by atomic mass is 16.3. The summed E-state index contributed by atoms with van der Waals surface area (Å²) in [6, 6.07) is 17.2. The molecule has 6 heteroatoms. The number of aliphatic hydroxyl groups is 1. The van der Waals surface area contributed by atoms with Crippen molar-refractivity contribution in [1.29, 1.82) is 0 Å². The molecule has 2 fully saturated rings. The monoisotopic (exact) mass is 417 g/mol. The van der Waals surface area contributed by atoms with Gasteiger partial charge in [-0.25, -0.2) is 4.79 Å². The summed E-state index contributed by atoms with van der Waals surface area (Å²) in [5, 5.41) is 12.8. The molecule has 2 saturated heterocycles. The van der Waals surface area contributed by atoms with E-state index in [1.165, 1.54) is 0 Å². The maximum absolute atomic E-state index is 12.6. The summed E-state index contributed by atoms with van der Waals surface area (Å²) < 4.78 is 0. The minimum atomic E-state index is -0.250. The van der Waals surface area contributed by atoms with Crippen LogP contribution in [0.25, 0.3) is 0 Å². The summed E-state index contributed by atoms with van der Waals surface area (Å²) in [6.07, 6.45) is 0.845. The fraction of sp³-hybridized carbons (Fsp3) is 0.360. The Bertz CT molecular complexity index is 994. The summed E-state index contributed by atoms with van der Waals surface area (Å²) in [5.74, 6) is 6.20. The van der Waals surface area contributed by atoms with Crippen LogP contribution in [0.15, 0.2) is 54.6 Å². The van der Waals surface area contributed by atoms with E-state index in [-0.39, 0.29) is 43.1 Å². The Morgan fingerprint density at radius 2 is 1.77 bits per heavy atom. The first kappa shape index (κ1) is 21.0. The van der Waals surface area contributed by atoms with Crippen LogP contribution in [-0.4, -0.2) is 65.2 Å². The minimum Gasteiger partial charge on any atom is -0.394 e. The molecule has 2 heterocycles. The highest BCUT2D eigenvalue weighted by Gasteiger charge is 2.54. The number of urea groups is 1. The van der Waals surface area contributed by atoms with Gasteiger partial charge in [0, 0.05) is 30.1 Å². The number of nitrogens with zero attached hydrogens (tertiary/aromatic N) is 2. The predicted molar refractivity (Wildman–Crippen MR) is 118 cm³/mol. The molecule has 0 spiro atoms. The highest BCUT2D eigenvalue weighted by Crippen LogP contribution is 2.42. The highest BCUT2D eigenvalue weighted by molar-refractivity contribution is 5.87. The molecule has 0 unspecified atom stereocenters.